The normalized spacial score (nSPS) is 11.6. The molecular formula is C24H35F5N6O. The molecule has 0 bridgehead atoms. The van der Waals surface area contributed by atoms with E-state index in [4.69, 9.17) is 5.73 Å². The van der Waals surface area contributed by atoms with E-state index in [0.29, 0.717) is 5.52 Å². The molecule has 12 heteroatoms. The lowest BCUT2D eigenvalue weighted by Gasteiger charge is -2.18. The van der Waals surface area contributed by atoms with E-state index in [1.807, 2.05) is 20.8 Å². The lowest BCUT2D eigenvalue weighted by atomic mass is 10.1. The van der Waals surface area contributed by atoms with Gasteiger partial charge in [-0.15, -0.1) is 0 Å². The highest BCUT2D eigenvalue weighted by Gasteiger charge is 2.25. The van der Waals surface area contributed by atoms with E-state index in [9.17, 15) is 26.7 Å². The van der Waals surface area contributed by atoms with Crippen molar-refractivity contribution in [3.05, 3.63) is 41.9 Å². The Morgan fingerprint density at radius 2 is 1.53 bits per heavy atom. The van der Waals surface area contributed by atoms with Crippen LogP contribution in [0.25, 0.3) is 5.52 Å². The smallest absolute Gasteiger partial charge is 0.382 e. The van der Waals surface area contributed by atoms with Crippen LogP contribution in [-0.4, -0.2) is 31.5 Å². The van der Waals surface area contributed by atoms with Crippen LogP contribution in [0, 0.1) is 0 Å². The van der Waals surface area contributed by atoms with Gasteiger partial charge in [-0.25, -0.2) is 13.3 Å². The number of halogens is 5. The second kappa shape index (κ2) is 13.2. The van der Waals surface area contributed by atoms with E-state index in [1.165, 1.54) is 41.1 Å². The molecule has 0 aliphatic heterocycles. The predicted octanol–water partition coefficient (Wildman–Crippen LogP) is 7.21. The molecule has 0 saturated heterocycles. The van der Waals surface area contributed by atoms with Crippen molar-refractivity contribution < 1.29 is 26.7 Å². The van der Waals surface area contributed by atoms with Crippen molar-refractivity contribution in [3.8, 4) is 0 Å². The summed E-state index contributed by atoms with van der Waals surface area (Å²) < 4.78 is 60.4. The molecule has 0 aromatic carbocycles. The maximum atomic E-state index is 13.3. The number of anilines is 2. The van der Waals surface area contributed by atoms with E-state index in [-0.39, 0.29) is 24.1 Å². The minimum atomic E-state index is -4.00. The molecule has 3 N–H and O–H groups in total. The highest BCUT2D eigenvalue weighted by molar-refractivity contribution is 6.04. The van der Waals surface area contributed by atoms with Gasteiger partial charge in [-0.3, -0.25) is 9.48 Å². The Balaban J connectivity index is 0.000000495. The lowest BCUT2D eigenvalue weighted by Crippen LogP contribution is -2.22. The standard InChI is InChI=1S/C16H18F2N6O.C6H14.C2H3F3/c1-16(2,3)23-8-10(13(22-23)14(17)18)20-15(25)11-6-4-9-5-7-12(19)21-24(9)11;1-3-5-6-4-2;1-2(3,4)5/h4-8,14H,1-3H3,(H2,19,21)(H,20,25);3-6H2,1-2H3;1H3. The van der Waals surface area contributed by atoms with Crippen molar-refractivity contribution in [1.82, 2.24) is 19.4 Å². The van der Waals surface area contributed by atoms with Gasteiger partial charge in [0, 0.05) is 13.1 Å². The Bertz CT molecular complexity index is 1090. The molecule has 0 unspecified atom stereocenters. The molecule has 36 heavy (non-hydrogen) atoms. The molecule has 202 valence electrons. The second-order valence-corrected chi connectivity index (χ2v) is 9.10. The monoisotopic (exact) mass is 518 g/mol. The Hall–Kier alpha value is -3.18. The second-order valence-electron chi connectivity index (χ2n) is 9.10. The summed E-state index contributed by atoms with van der Waals surface area (Å²) in [7, 11) is 0. The summed E-state index contributed by atoms with van der Waals surface area (Å²) in [4.78, 5) is 12.5. The molecule has 0 atom stereocenters. The number of unbranched alkanes of at least 4 members (excludes halogenated alkanes) is 3. The average molecular weight is 519 g/mol. The van der Waals surface area contributed by atoms with E-state index in [2.05, 4.69) is 29.4 Å². The van der Waals surface area contributed by atoms with Crippen LogP contribution in [0.1, 0.15) is 89.8 Å². The number of aromatic nitrogens is 4. The molecule has 0 saturated carbocycles. The van der Waals surface area contributed by atoms with Gasteiger partial charge >= 0.3 is 6.18 Å². The van der Waals surface area contributed by atoms with E-state index >= 15 is 0 Å². The maximum absolute atomic E-state index is 13.3. The number of rotatable bonds is 6. The quantitative estimate of drug-likeness (QED) is 0.266. The minimum absolute atomic E-state index is 0.0335. The fraction of sp³-hybridized carbons (Fsp3) is 0.542. The highest BCUT2D eigenvalue weighted by Crippen LogP contribution is 2.28. The van der Waals surface area contributed by atoms with Crippen molar-refractivity contribution in [2.45, 2.75) is 85.4 Å². The number of carbonyl (C=O) groups excluding carboxylic acids is 1. The molecule has 3 rings (SSSR count). The summed E-state index contributed by atoms with van der Waals surface area (Å²) in [6.45, 7) is 10.1. The first-order chi connectivity index (χ1) is 16.6. The van der Waals surface area contributed by atoms with Gasteiger partial charge in [0.15, 0.2) is 5.69 Å². The van der Waals surface area contributed by atoms with Crippen LogP contribution < -0.4 is 11.1 Å². The van der Waals surface area contributed by atoms with Gasteiger partial charge in [0.1, 0.15) is 11.5 Å². The SMILES string of the molecule is CC(C)(C)n1cc(NC(=O)c2ccc3ccc(N)nn23)c(C(F)F)n1.CC(F)(F)F.CCCCCC. The van der Waals surface area contributed by atoms with Crippen molar-refractivity contribution in [3.63, 3.8) is 0 Å². The number of carbonyl (C=O) groups is 1. The maximum Gasteiger partial charge on any atom is 0.386 e. The van der Waals surface area contributed by atoms with Crippen LogP contribution in [0.3, 0.4) is 0 Å². The molecule has 1 amide bonds. The molecule has 0 fully saturated rings. The van der Waals surface area contributed by atoms with Gasteiger partial charge in [-0.05, 0) is 45.0 Å². The third kappa shape index (κ3) is 10.2. The number of nitrogens with two attached hydrogens (primary N) is 1. The molecular weight excluding hydrogens is 483 g/mol. The molecule has 3 aromatic rings. The van der Waals surface area contributed by atoms with Gasteiger partial charge in [-0.1, -0.05) is 39.5 Å². The Kier molecular flexibility index (Phi) is 11.3. The number of amides is 1. The van der Waals surface area contributed by atoms with Crippen LogP contribution in [0.2, 0.25) is 0 Å². The predicted molar refractivity (Wildman–Crippen MR) is 131 cm³/mol. The molecule has 0 spiro atoms. The fourth-order valence-electron chi connectivity index (χ4n) is 2.85. The van der Waals surface area contributed by atoms with E-state index in [1.54, 1.807) is 24.3 Å². The number of fused-ring (bicyclic) bond motifs is 1. The summed E-state index contributed by atoms with van der Waals surface area (Å²) in [5, 5.41) is 10.5. The fourth-order valence-corrected chi connectivity index (χ4v) is 2.85. The van der Waals surface area contributed by atoms with Crippen LogP contribution in [0.4, 0.5) is 33.5 Å². The third-order valence-corrected chi connectivity index (χ3v) is 4.60. The van der Waals surface area contributed by atoms with Crippen LogP contribution >= 0.6 is 0 Å². The number of nitrogen functional groups attached to an aromatic ring is 1. The number of alkyl halides is 5. The van der Waals surface area contributed by atoms with Gasteiger partial charge in [-0.2, -0.15) is 23.4 Å². The summed E-state index contributed by atoms with van der Waals surface area (Å²) in [5.41, 5.74) is 5.49. The minimum Gasteiger partial charge on any atom is -0.382 e. The number of hydrogen-bond acceptors (Lipinski definition) is 4. The van der Waals surface area contributed by atoms with Crippen molar-refractivity contribution in [2.75, 3.05) is 11.1 Å². The first-order valence-corrected chi connectivity index (χ1v) is 11.6. The average Bonchev–Trinajstić information content (AvgIpc) is 3.35. The Morgan fingerprint density at radius 3 is 2.00 bits per heavy atom. The molecule has 7 nitrogen and oxygen atoms in total. The number of hydrogen-bond donors (Lipinski definition) is 2. The molecule has 3 heterocycles. The van der Waals surface area contributed by atoms with E-state index in [0.717, 1.165) is 0 Å². The first kappa shape index (κ1) is 30.9. The van der Waals surface area contributed by atoms with Crippen LogP contribution in [-0.2, 0) is 5.54 Å². The molecule has 0 radical (unpaired) electrons. The zero-order valence-corrected chi connectivity index (χ0v) is 21.5. The van der Waals surface area contributed by atoms with Crippen LogP contribution in [0.15, 0.2) is 30.5 Å². The molecule has 3 aromatic heterocycles. The zero-order valence-electron chi connectivity index (χ0n) is 21.5. The zero-order chi connectivity index (χ0) is 27.7. The first-order valence-electron chi connectivity index (χ1n) is 11.6. The Labute approximate surface area is 207 Å². The van der Waals surface area contributed by atoms with Crippen LogP contribution in [0.5, 0.6) is 0 Å². The number of nitrogens with one attached hydrogen (secondary N) is 1. The van der Waals surface area contributed by atoms with Gasteiger partial charge < -0.3 is 11.1 Å². The summed E-state index contributed by atoms with van der Waals surface area (Å²) in [6.07, 6.45) is 0.128. The van der Waals surface area contributed by atoms with Gasteiger partial charge in [0.2, 0.25) is 0 Å². The highest BCUT2D eigenvalue weighted by atomic mass is 19.4. The molecule has 0 aliphatic rings. The van der Waals surface area contributed by atoms with Crippen molar-refractivity contribution in [2.24, 2.45) is 0 Å². The summed E-state index contributed by atoms with van der Waals surface area (Å²) >= 11 is 0. The van der Waals surface area contributed by atoms with Crippen molar-refractivity contribution >= 4 is 22.9 Å². The Morgan fingerprint density at radius 1 is 1.00 bits per heavy atom. The summed E-state index contributed by atoms with van der Waals surface area (Å²) in [5.74, 6) is -0.333. The van der Waals surface area contributed by atoms with Crippen molar-refractivity contribution in [1.29, 1.82) is 0 Å². The topological polar surface area (TPSA) is 90.2 Å². The molecule has 0 aliphatic carbocycles. The van der Waals surface area contributed by atoms with Gasteiger partial charge in [0.25, 0.3) is 12.3 Å². The summed E-state index contributed by atoms with van der Waals surface area (Å²) in [6, 6.07) is 6.56. The van der Waals surface area contributed by atoms with Gasteiger partial charge in [0.05, 0.1) is 16.7 Å². The number of nitrogens with zero attached hydrogens (tertiary/aromatic N) is 4. The lowest BCUT2D eigenvalue weighted by molar-refractivity contribution is -0.110. The third-order valence-electron chi connectivity index (χ3n) is 4.60. The largest absolute Gasteiger partial charge is 0.386 e. The van der Waals surface area contributed by atoms with E-state index < -0.39 is 29.7 Å².